The van der Waals surface area contributed by atoms with Gasteiger partial charge in [0, 0.05) is 12.5 Å². The number of nitrogens with zero attached hydrogens (tertiary/aromatic N) is 1. The third-order valence-corrected chi connectivity index (χ3v) is 4.39. The molecule has 0 atom stereocenters. The van der Waals surface area contributed by atoms with E-state index in [-0.39, 0.29) is 12.3 Å². The van der Waals surface area contributed by atoms with Crippen molar-refractivity contribution in [3.8, 4) is 0 Å². The van der Waals surface area contributed by atoms with Crippen molar-refractivity contribution >= 4 is 46.3 Å². The van der Waals surface area contributed by atoms with E-state index in [1.165, 1.54) is 16.7 Å². The summed E-state index contributed by atoms with van der Waals surface area (Å²) in [6.45, 7) is 2.31. The highest BCUT2D eigenvalue weighted by molar-refractivity contribution is 8.26. The van der Waals surface area contributed by atoms with Crippen LogP contribution in [-0.4, -0.2) is 27.6 Å². The summed E-state index contributed by atoms with van der Waals surface area (Å²) in [6.07, 6.45) is 2.07. The Balaban J connectivity index is 2.06. The van der Waals surface area contributed by atoms with Gasteiger partial charge in [0.1, 0.15) is 4.32 Å². The fraction of sp³-hybridized carbons (Fsp3) is 0.267. The van der Waals surface area contributed by atoms with Gasteiger partial charge < -0.3 is 9.90 Å². The quantitative estimate of drug-likeness (QED) is 0.611. The van der Waals surface area contributed by atoms with Crippen molar-refractivity contribution in [2.75, 3.05) is 6.54 Å². The maximum absolute atomic E-state index is 12.2. The zero-order chi connectivity index (χ0) is 15.4. The Morgan fingerprint density at radius 2 is 2.05 bits per heavy atom. The second-order valence-corrected chi connectivity index (χ2v) is 6.40. The van der Waals surface area contributed by atoms with Gasteiger partial charge in [0.05, 0.1) is 4.91 Å². The molecule has 0 bridgehead atoms. The highest BCUT2D eigenvalue weighted by Gasteiger charge is 2.31. The fourth-order valence-corrected chi connectivity index (χ4v) is 3.20. The number of rotatable bonds is 5. The van der Waals surface area contributed by atoms with E-state index in [1.54, 1.807) is 6.08 Å². The summed E-state index contributed by atoms with van der Waals surface area (Å²) < 4.78 is 0.469. The normalized spacial score (nSPS) is 16.8. The van der Waals surface area contributed by atoms with Gasteiger partial charge in [-0.1, -0.05) is 53.8 Å². The van der Waals surface area contributed by atoms with Gasteiger partial charge >= 0.3 is 0 Å². The molecule has 1 fully saturated rings. The van der Waals surface area contributed by atoms with E-state index >= 15 is 0 Å². The highest BCUT2D eigenvalue weighted by Crippen LogP contribution is 2.32. The number of thiocarbonyl (C=S) groups is 1. The predicted octanol–water partition coefficient (Wildman–Crippen LogP) is 1.73. The summed E-state index contributed by atoms with van der Waals surface area (Å²) in [5.74, 6) is -1.28. The van der Waals surface area contributed by atoms with Crippen LogP contribution < -0.4 is 5.11 Å². The summed E-state index contributed by atoms with van der Waals surface area (Å²) in [6, 6.07) is 7.84. The van der Waals surface area contributed by atoms with Crippen LogP contribution in [0.15, 0.2) is 29.2 Å². The number of aryl methyl sites for hydroxylation is 1. The van der Waals surface area contributed by atoms with Gasteiger partial charge in [-0.3, -0.25) is 9.69 Å². The Kier molecular flexibility index (Phi) is 5.14. The van der Waals surface area contributed by atoms with Crippen LogP contribution in [0, 0.1) is 6.92 Å². The zero-order valence-corrected chi connectivity index (χ0v) is 13.1. The second kappa shape index (κ2) is 6.87. The molecule has 1 heterocycles. The molecular weight excluding hydrogens is 306 g/mol. The number of carbonyl (C=O) groups excluding carboxylic acids is 2. The van der Waals surface area contributed by atoms with Crippen molar-refractivity contribution < 1.29 is 14.7 Å². The number of carboxylic acid groups (broad SMARTS) is 1. The molecule has 0 N–H and O–H groups in total. The van der Waals surface area contributed by atoms with Crippen LogP contribution in [0.2, 0.25) is 0 Å². The molecule has 4 nitrogen and oxygen atoms in total. The highest BCUT2D eigenvalue weighted by atomic mass is 32.2. The molecule has 110 valence electrons. The largest absolute Gasteiger partial charge is 0.550 e. The summed E-state index contributed by atoms with van der Waals surface area (Å²) in [5.41, 5.74) is 2.10. The summed E-state index contributed by atoms with van der Waals surface area (Å²) in [5, 5.41) is 10.4. The first kappa shape index (κ1) is 15.7. The number of hydrogen-bond acceptors (Lipinski definition) is 5. The molecule has 2 rings (SSSR count). The Morgan fingerprint density at radius 3 is 2.67 bits per heavy atom. The summed E-state index contributed by atoms with van der Waals surface area (Å²) in [7, 11) is 0. The number of benzene rings is 1. The third-order valence-electron chi connectivity index (χ3n) is 3.01. The van der Waals surface area contributed by atoms with Gasteiger partial charge in [-0.2, -0.15) is 0 Å². The first-order chi connectivity index (χ1) is 9.97. The molecule has 0 aliphatic carbocycles. The lowest BCUT2D eigenvalue weighted by Gasteiger charge is -2.14. The minimum atomic E-state index is -1.12. The Hall–Kier alpha value is -1.66. The van der Waals surface area contributed by atoms with Crippen molar-refractivity contribution in [3.05, 3.63) is 40.3 Å². The van der Waals surface area contributed by atoms with E-state index in [0.717, 1.165) is 11.1 Å². The maximum atomic E-state index is 12.2. The molecule has 1 aromatic rings. The summed E-state index contributed by atoms with van der Waals surface area (Å²) in [4.78, 5) is 24.7. The van der Waals surface area contributed by atoms with Gasteiger partial charge in [0.25, 0.3) is 5.91 Å². The number of thioether (sulfide) groups is 1. The molecule has 0 saturated carbocycles. The van der Waals surface area contributed by atoms with E-state index in [0.29, 0.717) is 22.2 Å². The molecule has 1 amide bonds. The van der Waals surface area contributed by atoms with Crippen molar-refractivity contribution in [1.29, 1.82) is 0 Å². The standard InChI is InChI=1S/C15H15NO3S2/c1-10-4-6-11(7-5-10)9-12-14(19)16(15(20)21-12)8-2-3-13(17)18/h4-7,9H,2-3,8H2,1H3,(H,17,18)/p-1/b12-9+. The van der Waals surface area contributed by atoms with Gasteiger partial charge in [-0.15, -0.1) is 0 Å². The van der Waals surface area contributed by atoms with Crippen molar-refractivity contribution in [3.63, 3.8) is 0 Å². The number of carbonyl (C=O) groups is 2. The first-order valence-electron chi connectivity index (χ1n) is 6.49. The van der Waals surface area contributed by atoms with Crippen LogP contribution >= 0.6 is 24.0 Å². The molecule has 1 aliphatic heterocycles. The minimum absolute atomic E-state index is 0.0753. The monoisotopic (exact) mass is 320 g/mol. The van der Waals surface area contributed by atoms with E-state index in [4.69, 9.17) is 12.2 Å². The molecular formula is C15H14NO3S2-. The van der Waals surface area contributed by atoms with Crippen LogP contribution in [0.3, 0.4) is 0 Å². The zero-order valence-electron chi connectivity index (χ0n) is 11.5. The fourth-order valence-electron chi connectivity index (χ4n) is 1.89. The van der Waals surface area contributed by atoms with Crippen LogP contribution in [0.1, 0.15) is 24.0 Å². The average molecular weight is 320 g/mol. The third kappa shape index (κ3) is 4.15. The molecule has 0 radical (unpaired) electrons. The smallest absolute Gasteiger partial charge is 0.266 e. The topological polar surface area (TPSA) is 60.4 Å². The molecule has 21 heavy (non-hydrogen) atoms. The van der Waals surface area contributed by atoms with E-state index < -0.39 is 5.97 Å². The number of hydrogen-bond donors (Lipinski definition) is 0. The molecule has 0 unspecified atom stereocenters. The second-order valence-electron chi connectivity index (χ2n) is 4.72. The molecule has 1 aliphatic rings. The molecule has 1 aromatic carbocycles. The van der Waals surface area contributed by atoms with Gasteiger partial charge in [-0.25, -0.2) is 0 Å². The maximum Gasteiger partial charge on any atom is 0.266 e. The van der Waals surface area contributed by atoms with E-state index in [2.05, 4.69) is 0 Å². The lowest BCUT2D eigenvalue weighted by Crippen LogP contribution is -2.30. The molecule has 0 aromatic heterocycles. The van der Waals surface area contributed by atoms with Gasteiger partial charge in [0.15, 0.2) is 0 Å². The molecule has 6 heteroatoms. The van der Waals surface area contributed by atoms with Gasteiger partial charge in [0.2, 0.25) is 0 Å². The Morgan fingerprint density at radius 1 is 1.38 bits per heavy atom. The van der Waals surface area contributed by atoms with Crippen LogP contribution in [0.5, 0.6) is 0 Å². The van der Waals surface area contributed by atoms with Crippen LogP contribution in [0.25, 0.3) is 6.08 Å². The van der Waals surface area contributed by atoms with E-state index in [9.17, 15) is 14.7 Å². The van der Waals surface area contributed by atoms with Crippen LogP contribution in [0.4, 0.5) is 0 Å². The number of aliphatic carboxylic acids is 1. The molecule has 0 spiro atoms. The lowest BCUT2D eigenvalue weighted by molar-refractivity contribution is -0.305. The lowest BCUT2D eigenvalue weighted by atomic mass is 10.1. The van der Waals surface area contributed by atoms with Crippen molar-refractivity contribution in [1.82, 2.24) is 4.90 Å². The average Bonchev–Trinajstić information content (AvgIpc) is 2.68. The van der Waals surface area contributed by atoms with E-state index in [1.807, 2.05) is 31.2 Å². The SMILES string of the molecule is Cc1ccc(/C=C2/SC(=S)N(CCCC(=O)[O-])C2=O)cc1. The predicted molar refractivity (Wildman–Crippen MR) is 85.3 cm³/mol. The van der Waals surface area contributed by atoms with Gasteiger partial charge in [-0.05, 0) is 31.4 Å². The Bertz CT molecular complexity index is 608. The van der Waals surface area contributed by atoms with Crippen LogP contribution in [-0.2, 0) is 9.59 Å². The van der Waals surface area contributed by atoms with Crippen molar-refractivity contribution in [2.24, 2.45) is 0 Å². The Labute approximate surface area is 132 Å². The number of amides is 1. The molecule has 1 saturated heterocycles. The van der Waals surface area contributed by atoms with Crippen molar-refractivity contribution in [2.45, 2.75) is 19.8 Å². The summed E-state index contributed by atoms with van der Waals surface area (Å²) >= 11 is 6.42. The first-order valence-corrected chi connectivity index (χ1v) is 7.72. The number of carboxylic acids is 1. The minimum Gasteiger partial charge on any atom is -0.550 e.